The number of aliphatic hydroxyl groups excluding tert-OH is 1. The van der Waals surface area contributed by atoms with Crippen molar-refractivity contribution in [3.05, 3.63) is 35.4 Å². The van der Waals surface area contributed by atoms with E-state index >= 15 is 0 Å². The summed E-state index contributed by atoms with van der Waals surface area (Å²) < 4.78 is 0. The Bertz CT molecular complexity index is 429. The van der Waals surface area contributed by atoms with E-state index in [1.807, 2.05) is 6.07 Å². The molecule has 0 radical (unpaired) electrons. The van der Waals surface area contributed by atoms with E-state index in [2.05, 4.69) is 35.0 Å². The van der Waals surface area contributed by atoms with Crippen molar-refractivity contribution in [2.45, 2.75) is 31.4 Å². The molecule has 2 unspecified atom stereocenters. The molecule has 1 heterocycles. The summed E-state index contributed by atoms with van der Waals surface area (Å²) in [7, 11) is 2.15. The zero-order valence-electron chi connectivity index (χ0n) is 11.8. The lowest BCUT2D eigenvalue weighted by atomic mass is 10.1. The van der Waals surface area contributed by atoms with Crippen molar-refractivity contribution >= 4 is 0 Å². The predicted octanol–water partition coefficient (Wildman–Crippen LogP) is 1.67. The van der Waals surface area contributed by atoms with Crippen LogP contribution in [0.5, 0.6) is 0 Å². The maximum atomic E-state index is 10.4. The first kappa shape index (κ1) is 13.1. The molecule has 1 fully saturated rings. The fourth-order valence-corrected chi connectivity index (χ4v) is 3.42. The molecule has 1 N–H and O–H groups in total. The predicted molar refractivity (Wildman–Crippen MR) is 77.2 cm³/mol. The van der Waals surface area contributed by atoms with Gasteiger partial charge in [-0.25, -0.2) is 0 Å². The summed E-state index contributed by atoms with van der Waals surface area (Å²) in [6.07, 6.45) is 3.36. The molecule has 2 aliphatic rings. The molecule has 0 saturated carbocycles. The highest BCUT2D eigenvalue weighted by atomic mass is 16.3. The van der Waals surface area contributed by atoms with E-state index < -0.39 is 0 Å². The van der Waals surface area contributed by atoms with Crippen LogP contribution in [0.15, 0.2) is 24.3 Å². The van der Waals surface area contributed by atoms with Crippen LogP contribution in [0.4, 0.5) is 0 Å². The van der Waals surface area contributed by atoms with Gasteiger partial charge in [0.05, 0.1) is 6.10 Å². The second-order valence-corrected chi connectivity index (χ2v) is 5.94. The average Bonchev–Trinajstić information content (AvgIpc) is 3.05. The summed E-state index contributed by atoms with van der Waals surface area (Å²) in [5, 5.41) is 10.4. The minimum atomic E-state index is -0.320. The number of rotatable bonds is 4. The average molecular weight is 260 g/mol. The minimum absolute atomic E-state index is 0.250. The van der Waals surface area contributed by atoms with Crippen molar-refractivity contribution in [1.82, 2.24) is 9.80 Å². The van der Waals surface area contributed by atoms with Crippen LogP contribution in [-0.2, 0) is 6.42 Å². The lowest BCUT2D eigenvalue weighted by Gasteiger charge is -2.29. The number of nitrogens with zero attached hydrogens (tertiary/aromatic N) is 2. The summed E-state index contributed by atoms with van der Waals surface area (Å²) in [6.45, 7) is 4.69. The van der Waals surface area contributed by atoms with E-state index in [-0.39, 0.29) is 12.1 Å². The van der Waals surface area contributed by atoms with E-state index in [1.54, 1.807) is 0 Å². The molecular formula is C16H24N2O. The Balaban J connectivity index is 1.58. The maximum absolute atomic E-state index is 10.4. The van der Waals surface area contributed by atoms with Crippen LogP contribution in [0, 0.1) is 0 Å². The zero-order valence-corrected chi connectivity index (χ0v) is 11.8. The van der Waals surface area contributed by atoms with Crippen LogP contribution in [0.3, 0.4) is 0 Å². The molecule has 1 aromatic carbocycles. The lowest BCUT2D eigenvalue weighted by molar-refractivity contribution is 0.0712. The Kier molecular flexibility index (Phi) is 3.87. The smallest absolute Gasteiger partial charge is 0.0950 e. The van der Waals surface area contributed by atoms with Crippen molar-refractivity contribution in [3.63, 3.8) is 0 Å². The number of hydrogen-bond acceptors (Lipinski definition) is 3. The molecule has 1 saturated heterocycles. The molecule has 3 heteroatoms. The van der Waals surface area contributed by atoms with Gasteiger partial charge in [-0.3, -0.25) is 4.90 Å². The third kappa shape index (κ3) is 2.69. The van der Waals surface area contributed by atoms with Gasteiger partial charge >= 0.3 is 0 Å². The monoisotopic (exact) mass is 260 g/mol. The summed E-state index contributed by atoms with van der Waals surface area (Å²) in [5.74, 6) is 0. The molecule has 0 bridgehead atoms. The van der Waals surface area contributed by atoms with Crippen LogP contribution in [0.1, 0.15) is 30.1 Å². The van der Waals surface area contributed by atoms with E-state index in [0.717, 1.165) is 25.1 Å². The molecule has 1 aromatic rings. The van der Waals surface area contributed by atoms with Gasteiger partial charge in [-0.1, -0.05) is 24.3 Å². The fourth-order valence-electron chi connectivity index (χ4n) is 3.42. The Morgan fingerprint density at radius 1 is 1.26 bits per heavy atom. The highest BCUT2D eigenvalue weighted by Crippen LogP contribution is 2.33. The first-order valence-corrected chi connectivity index (χ1v) is 7.44. The topological polar surface area (TPSA) is 26.7 Å². The summed E-state index contributed by atoms with van der Waals surface area (Å²) in [4.78, 5) is 4.87. The molecule has 3 rings (SSSR count). The van der Waals surface area contributed by atoms with Gasteiger partial charge in [-0.05, 0) is 50.5 Å². The Hall–Kier alpha value is -0.900. The Labute approximate surface area is 115 Å². The molecule has 2 atom stereocenters. The van der Waals surface area contributed by atoms with Crippen molar-refractivity contribution < 1.29 is 5.11 Å². The molecule has 1 aliphatic heterocycles. The summed E-state index contributed by atoms with van der Waals surface area (Å²) in [6, 6.07) is 8.55. The van der Waals surface area contributed by atoms with Gasteiger partial charge in [0, 0.05) is 19.1 Å². The minimum Gasteiger partial charge on any atom is -0.387 e. The van der Waals surface area contributed by atoms with Crippen molar-refractivity contribution in [2.24, 2.45) is 0 Å². The second kappa shape index (κ2) is 5.61. The normalized spacial score (nSPS) is 27.1. The number of benzene rings is 1. The molecule has 104 valence electrons. The standard InChI is InChI=1S/C16H24N2O/c1-17(10-11-18-8-4-5-9-18)15-12-13-6-2-3-7-14(13)16(15)19/h2-3,6-7,15-16,19H,4-5,8-12H2,1H3. The third-order valence-corrected chi connectivity index (χ3v) is 4.70. The number of aliphatic hydroxyl groups is 1. The van der Waals surface area contributed by atoms with Gasteiger partial charge in [0.25, 0.3) is 0 Å². The van der Waals surface area contributed by atoms with Gasteiger partial charge in [0.2, 0.25) is 0 Å². The zero-order chi connectivity index (χ0) is 13.2. The van der Waals surface area contributed by atoms with E-state index in [1.165, 1.54) is 31.5 Å². The fraction of sp³-hybridized carbons (Fsp3) is 0.625. The maximum Gasteiger partial charge on any atom is 0.0950 e. The third-order valence-electron chi connectivity index (χ3n) is 4.70. The molecule has 3 nitrogen and oxygen atoms in total. The van der Waals surface area contributed by atoms with Crippen LogP contribution < -0.4 is 0 Å². The van der Waals surface area contributed by atoms with Gasteiger partial charge < -0.3 is 10.0 Å². The van der Waals surface area contributed by atoms with Crippen LogP contribution in [-0.4, -0.2) is 54.2 Å². The Morgan fingerprint density at radius 3 is 2.74 bits per heavy atom. The van der Waals surface area contributed by atoms with Gasteiger partial charge in [-0.2, -0.15) is 0 Å². The number of likely N-dealkylation sites (tertiary alicyclic amines) is 1. The van der Waals surface area contributed by atoms with Crippen LogP contribution >= 0.6 is 0 Å². The SMILES string of the molecule is CN(CCN1CCCC1)C1Cc2ccccc2C1O. The van der Waals surface area contributed by atoms with Crippen LogP contribution in [0.25, 0.3) is 0 Å². The molecule has 0 amide bonds. The number of likely N-dealkylation sites (N-methyl/N-ethyl adjacent to an activating group) is 1. The van der Waals surface area contributed by atoms with E-state index in [9.17, 15) is 5.11 Å². The number of fused-ring (bicyclic) bond motifs is 1. The largest absolute Gasteiger partial charge is 0.387 e. The quantitative estimate of drug-likeness (QED) is 0.892. The molecule has 0 aromatic heterocycles. The Morgan fingerprint density at radius 2 is 2.00 bits per heavy atom. The first-order valence-electron chi connectivity index (χ1n) is 7.44. The van der Waals surface area contributed by atoms with Gasteiger partial charge in [0.1, 0.15) is 0 Å². The van der Waals surface area contributed by atoms with Crippen molar-refractivity contribution in [3.8, 4) is 0 Å². The summed E-state index contributed by atoms with van der Waals surface area (Å²) in [5.41, 5.74) is 2.44. The second-order valence-electron chi connectivity index (χ2n) is 5.94. The van der Waals surface area contributed by atoms with Gasteiger partial charge in [0.15, 0.2) is 0 Å². The number of hydrogen-bond donors (Lipinski definition) is 1. The molecule has 1 aliphatic carbocycles. The molecule has 19 heavy (non-hydrogen) atoms. The lowest BCUT2D eigenvalue weighted by Crippen LogP contribution is -2.40. The van der Waals surface area contributed by atoms with E-state index in [4.69, 9.17) is 0 Å². The highest BCUT2D eigenvalue weighted by molar-refractivity contribution is 5.35. The molecule has 0 spiro atoms. The van der Waals surface area contributed by atoms with Crippen molar-refractivity contribution in [1.29, 1.82) is 0 Å². The first-order chi connectivity index (χ1) is 9.25. The van der Waals surface area contributed by atoms with Crippen LogP contribution in [0.2, 0.25) is 0 Å². The van der Waals surface area contributed by atoms with Crippen molar-refractivity contribution in [2.75, 3.05) is 33.2 Å². The highest BCUT2D eigenvalue weighted by Gasteiger charge is 2.33. The van der Waals surface area contributed by atoms with E-state index in [0.29, 0.717) is 0 Å². The molecular weight excluding hydrogens is 236 g/mol. The van der Waals surface area contributed by atoms with Gasteiger partial charge in [-0.15, -0.1) is 0 Å². The summed E-state index contributed by atoms with van der Waals surface area (Å²) >= 11 is 0.